The summed E-state index contributed by atoms with van der Waals surface area (Å²) in [7, 11) is 0. The molecule has 5 atom stereocenters. The number of aryl methyl sites for hydroxylation is 1. The van der Waals surface area contributed by atoms with E-state index >= 15 is 0 Å². The van der Waals surface area contributed by atoms with E-state index in [1.165, 1.54) is 46.7 Å². The predicted molar refractivity (Wildman–Crippen MR) is 206 cm³/mol. The molecule has 4 amide bonds. The number of carboxylic acids is 2. The number of carbonyl (C=O) groups is 7. The number of fused-ring (bicyclic) bond motifs is 2. The number of thiophene rings is 1. The lowest BCUT2D eigenvalue weighted by molar-refractivity contribution is -0.159. The minimum Gasteiger partial charge on any atom is -0.480 e. The van der Waals surface area contributed by atoms with Gasteiger partial charge in [0.25, 0.3) is 11.8 Å². The third-order valence-electron chi connectivity index (χ3n) is 9.18. The van der Waals surface area contributed by atoms with Gasteiger partial charge in [-0.3, -0.25) is 28.9 Å². The molecule has 0 saturated carbocycles. The number of nitrogens with zero attached hydrogens (tertiary/aromatic N) is 3. The van der Waals surface area contributed by atoms with Crippen LogP contribution in [0.3, 0.4) is 0 Å². The molecule has 0 radical (unpaired) electrons. The van der Waals surface area contributed by atoms with Crippen LogP contribution in [0.5, 0.6) is 0 Å². The summed E-state index contributed by atoms with van der Waals surface area (Å²) in [5.74, 6) is -4.07. The number of hydrogen-bond acceptors (Lipinski definition) is 13. The molecule has 4 aliphatic rings. The van der Waals surface area contributed by atoms with Gasteiger partial charge in [0.15, 0.2) is 0 Å². The first-order valence-corrected chi connectivity index (χ1v) is 20.3. The second-order valence-electron chi connectivity index (χ2n) is 13.4. The molecule has 4 N–H and O–H groups in total. The maximum Gasteiger partial charge on any atom is 0.352 e. The largest absolute Gasteiger partial charge is 0.480 e. The second kappa shape index (κ2) is 16.1. The lowest BCUT2D eigenvalue weighted by atomic mass is 9.95. The van der Waals surface area contributed by atoms with Gasteiger partial charge >= 0.3 is 17.9 Å². The molecule has 7 rings (SSSR count). The molecule has 2 aromatic heterocycles. The summed E-state index contributed by atoms with van der Waals surface area (Å²) in [4.78, 5) is 87.8. The van der Waals surface area contributed by atoms with Gasteiger partial charge in [-0.05, 0) is 44.4 Å². The van der Waals surface area contributed by atoms with Crippen molar-refractivity contribution in [3.63, 3.8) is 0 Å². The summed E-state index contributed by atoms with van der Waals surface area (Å²) in [5, 5.41) is 29.8. The van der Waals surface area contributed by atoms with Gasteiger partial charge in [0.2, 0.25) is 11.8 Å². The molecule has 0 aliphatic carbocycles. The van der Waals surface area contributed by atoms with E-state index in [1.807, 2.05) is 17.5 Å². The fraction of sp³-hybridized carbons (Fsp3) is 0.371. The third-order valence-corrected chi connectivity index (χ3v) is 13.6. The first-order chi connectivity index (χ1) is 26.4. The fourth-order valence-corrected chi connectivity index (χ4v) is 10.9. The Balaban J connectivity index is 0.000000192. The van der Waals surface area contributed by atoms with Crippen molar-refractivity contribution in [3.05, 3.63) is 73.2 Å². The number of carbonyl (C=O) groups excluding carboxylic acids is 5. The van der Waals surface area contributed by atoms with E-state index in [0.717, 1.165) is 9.78 Å². The number of hydrogen-bond donors (Lipinski definition) is 4. The van der Waals surface area contributed by atoms with Crippen LogP contribution in [-0.4, -0.2) is 113 Å². The van der Waals surface area contributed by atoms with Gasteiger partial charge in [-0.15, -0.1) is 34.9 Å². The SMILES string of the molecule is CC(=O)OCC1=C(C(=O)O)N2C(=O)[C@@H](NC(=O)Cc3cccs3)[C@H]2SC1.Cc1onc(-c2c(Cl)cccc2Cl)c1C(=O)N[C@@H]1C(=O)N2[C@@H]1SC(C)(C)[C@@H]2C(=O)O. The minimum atomic E-state index is -1.26. The Bertz CT molecular complexity index is 2160. The van der Waals surface area contributed by atoms with E-state index < -0.39 is 69.2 Å². The first kappa shape index (κ1) is 41.1. The number of thioether (sulfide) groups is 2. The van der Waals surface area contributed by atoms with Gasteiger partial charge in [0.05, 0.1) is 16.5 Å². The van der Waals surface area contributed by atoms with E-state index in [-0.39, 0.29) is 41.6 Å². The van der Waals surface area contributed by atoms with Gasteiger partial charge < -0.3 is 35.0 Å². The van der Waals surface area contributed by atoms with E-state index in [9.17, 15) is 43.8 Å². The van der Waals surface area contributed by atoms with Crippen molar-refractivity contribution < 1.29 is 53.0 Å². The number of carboxylic acid groups (broad SMARTS) is 2. The van der Waals surface area contributed by atoms with E-state index in [4.69, 9.17) is 32.5 Å². The third kappa shape index (κ3) is 7.74. The summed E-state index contributed by atoms with van der Waals surface area (Å²) in [6.45, 7) is 6.16. The smallest absolute Gasteiger partial charge is 0.352 e. The standard InChI is InChI=1S/C19H17Cl2N3O5S.C16H16N2O6S2/c1-7-10(12(23-29-7)11-8(20)5-4-6-9(11)21)15(25)22-13-16(26)24-14(18(27)28)19(2,3)30-17(13)24;1-8(19)24-6-9-7-26-15-12(14(21)18(15)13(9)16(22)23)17-11(20)5-10-3-2-4-25-10/h4-6,13-14,17H,1-3H3,(H,22,25)(H,27,28);2-4,12,15H,5-7H2,1H3,(H,17,20)(H,22,23)/t13-,14+,17-;12-,15-/m11/s1. The van der Waals surface area contributed by atoms with Crippen molar-refractivity contribution in [2.75, 3.05) is 12.4 Å². The predicted octanol–water partition coefficient (Wildman–Crippen LogP) is 3.79. The van der Waals surface area contributed by atoms with Crippen LogP contribution in [0.25, 0.3) is 11.3 Å². The molecule has 4 aliphatic heterocycles. The van der Waals surface area contributed by atoms with E-state index in [1.54, 1.807) is 39.0 Å². The number of rotatable bonds is 10. The van der Waals surface area contributed by atoms with E-state index in [0.29, 0.717) is 26.9 Å². The molecule has 0 spiro atoms. The summed E-state index contributed by atoms with van der Waals surface area (Å²) in [6, 6.07) is 6.02. The normalized spacial score (nSPS) is 23.1. The molecule has 21 heteroatoms. The van der Waals surface area contributed by atoms with Crippen LogP contribution in [0.15, 0.2) is 51.5 Å². The fourth-order valence-electron chi connectivity index (χ4n) is 6.67. The van der Waals surface area contributed by atoms with Gasteiger partial charge in [-0.2, -0.15) is 0 Å². The van der Waals surface area contributed by atoms with Crippen LogP contribution < -0.4 is 10.6 Å². The number of aromatic nitrogens is 1. The Morgan fingerprint density at radius 1 is 1.02 bits per heavy atom. The number of ether oxygens (including phenoxy) is 1. The zero-order valence-electron chi connectivity index (χ0n) is 29.9. The van der Waals surface area contributed by atoms with Gasteiger partial charge in [0.1, 0.15) is 58.2 Å². The summed E-state index contributed by atoms with van der Waals surface area (Å²) in [6.07, 6.45) is 0.179. The highest BCUT2D eigenvalue weighted by atomic mass is 35.5. The quantitative estimate of drug-likeness (QED) is 0.168. The van der Waals surface area contributed by atoms with Crippen molar-refractivity contribution in [1.29, 1.82) is 0 Å². The second-order valence-corrected chi connectivity index (χ2v) is 18.1. The Hall–Kier alpha value is -4.56. The maximum absolute atomic E-state index is 13.1. The lowest BCUT2D eigenvalue weighted by Gasteiger charge is -2.49. The number of β-lactam (4-membered cyclic amide) rings is 2. The summed E-state index contributed by atoms with van der Waals surface area (Å²) in [5.41, 5.74) is 0.849. The van der Waals surface area contributed by atoms with Crippen molar-refractivity contribution in [2.45, 2.75) is 67.7 Å². The summed E-state index contributed by atoms with van der Waals surface area (Å²) < 4.78 is 9.39. The maximum atomic E-state index is 13.1. The molecule has 0 bridgehead atoms. The Kier molecular flexibility index (Phi) is 11.8. The van der Waals surface area contributed by atoms with Crippen molar-refractivity contribution in [1.82, 2.24) is 25.6 Å². The number of nitrogens with one attached hydrogen (secondary N) is 2. The number of esters is 1. The molecule has 1 aromatic carbocycles. The number of aliphatic carboxylic acids is 2. The van der Waals surface area contributed by atoms with Crippen LogP contribution in [0.1, 0.15) is 41.8 Å². The minimum absolute atomic E-state index is 0.119. The van der Waals surface area contributed by atoms with Crippen LogP contribution in [0, 0.1) is 6.92 Å². The molecule has 56 heavy (non-hydrogen) atoms. The highest BCUT2D eigenvalue weighted by Crippen LogP contribution is 2.51. The first-order valence-electron chi connectivity index (χ1n) is 16.7. The van der Waals surface area contributed by atoms with Crippen LogP contribution in [-0.2, 0) is 39.9 Å². The highest BCUT2D eigenvalue weighted by molar-refractivity contribution is 8.01. The Labute approximate surface area is 341 Å². The molecule has 296 valence electrons. The molecule has 16 nitrogen and oxygen atoms in total. The van der Waals surface area contributed by atoms with Gasteiger partial charge in [0, 0.05) is 33.4 Å². The molecular formula is C35H33Cl2N5O11S3. The van der Waals surface area contributed by atoms with Gasteiger partial charge in [-0.25, -0.2) is 9.59 Å². The molecular weight excluding hydrogens is 834 g/mol. The zero-order chi connectivity index (χ0) is 40.8. The number of benzene rings is 1. The average molecular weight is 867 g/mol. The van der Waals surface area contributed by atoms with Gasteiger partial charge in [-0.1, -0.05) is 40.5 Å². The Morgan fingerprint density at radius 2 is 1.70 bits per heavy atom. The van der Waals surface area contributed by atoms with E-state index in [2.05, 4.69) is 15.8 Å². The Morgan fingerprint density at radius 3 is 2.30 bits per heavy atom. The van der Waals surface area contributed by atoms with Crippen molar-refractivity contribution in [2.24, 2.45) is 0 Å². The summed E-state index contributed by atoms with van der Waals surface area (Å²) >= 11 is 16.6. The monoisotopic (exact) mass is 865 g/mol. The number of halogens is 2. The van der Waals surface area contributed by atoms with Crippen LogP contribution in [0.4, 0.5) is 0 Å². The van der Waals surface area contributed by atoms with Crippen molar-refractivity contribution >= 4 is 99.6 Å². The lowest BCUT2D eigenvalue weighted by Crippen LogP contribution is -2.70. The molecule has 3 fully saturated rings. The van der Waals surface area contributed by atoms with Crippen LogP contribution in [0.2, 0.25) is 10.0 Å². The molecule has 6 heterocycles. The van der Waals surface area contributed by atoms with Crippen LogP contribution >= 0.6 is 58.1 Å². The zero-order valence-corrected chi connectivity index (χ0v) is 33.8. The highest BCUT2D eigenvalue weighted by Gasteiger charge is 2.64. The average Bonchev–Trinajstić information content (AvgIpc) is 3.84. The van der Waals surface area contributed by atoms with Crippen molar-refractivity contribution in [3.8, 4) is 11.3 Å². The molecule has 3 aromatic rings. The molecule has 3 saturated heterocycles. The molecule has 0 unspecified atom stereocenters. The topological polar surface area (TPSA) is 226 Å². The number of amides is 4.